The first-order valence-electron chi connectivity index (χ1n) is 5.55. The van der Waals surface area contributed by atoms with Gasteiger partial charge in [-0.05, 0) is 19.1 Å². The van der Waals surface area contributed by atoms with Crippen LogP contribution in [0.1, 0.15) is 6.92 Å². The lowest BCUT2D eigenvalue weighted by molar-refractivity contribution is -0.115. The highest BCUT2D eigenvalue weighted by atomic mass is 35.5. The van der Waals surface area contributed by atoms with Crippen LogP contribution in [0, 0.1) is 0 Å². The Hall–Kier alpha value is -0.200. The third-order valence-electron chi connectivity index (χ3n) is 2.28. The molecule has 20 heavy (non-hydrogen) atoms. The standard InChI is InChI=1S/C12H13Cl3N2OS2/c1-6(20-12(19)17(2)3)11(18)16-10-5-8(14)7(13)4-9(10)15/h4-6H,1-3H3,(H,16,18)/t6-/m0/s1. The molecule has 0 radical (unpaired) electrons. The minimum atomic E-state index is -0.351. The molecule has 0 spiro atoms. The number of nitrogens with zero attached hydrogens (tertiary/aromatic N) is 1. The summed E-state index contributed by atoms with van der Waals surface area (Å²) in [5.74, 6) is -0.209. The molecule has 1 aromatic rings. The van der Waals surface area contributed by atoms with Gasteiger partial charge in [-0.25, -0.2) is 0 Å². The first-order valence-corrected chi connectivity index (χ1v) is 7.98. The minimum Gasteiger partial charge on any atom is -0.364 e. The van der Waals surface area contributed by atoms with Crippen LogP contribution in [0.4, 0.5) is 5.69 Å². The quantitative estimate of drug-likeness (QED) is 0.624. The summed E-state index contributed by atoms with van der Waals surface area (Å²) in [6.07, 6.45) is 0. The minimum absolute atomic E-state index is 0.209. The number of carbonyl (C=O) groups is 1. The lowest BCUT2D eigenvalue weighted by Gasteiger charge is -2.17. The first-order chi connectivity index (χ1) is 9.22. The maximum atomic E-state index is 12.1. The third kappa shape index (κ3) is 4.97. The molecule has 0 aliphatic carbocycles. The molecule has 0 heterocycles. The Morgan fingerprint density at radius 1 is 1.25 bits per heavy atom. The van der Waals surface area contributed by atoms with E-state index in [1.807, 2.05) is 14.1 Å². The Morgan fingerprint density at radius 2 is 1.80 bits per heavy atom. The molecule has 0 saturated carbocycles. The van der Waals surface area contributed by atoms with E-state index in [0.29, 0.717) is 25.1 Å². The van der Waals surface area contributed by atoms with E-state index in [-0.39, 0.29) is 11.2 Å². The molecular formula is C12H13Cl3N2OS2. The zero-order chi connectivity index (χ0) is 15.4. The highest BCUT2D eigenvalue weighted by molar-refractivity contribution is 8.23. The zero-order valence-corrected chi connectivity index (χ0v) is 14.9. The van der Waals surface area contributed by atoms with Gasteiger partial charge in [0.1, 0.15) is 4.32 Å². The van der Waals surface area contributed by atoms with E-state index in [0.717, 1.165) is 0 Å². The molecule has 3 nitrogen and oxygen atoms in total. The highest BCUT2D eigenvalue weighted by Gasteiger charge is 2.18. The number of hydrogen-bond donors (Lipinski definition) is 1. The Bertz CT molecular complexity index is 538. The van der Waals surface area contributed by atoms with E-state index in [1.54, 1.807) is 11.8 Å². The molecule has 1 rings (SSSR count). The van der Waals surface area contributed by atoms with Gasteiger partial charge in [-0.15, -0.1) is 0 Å². The first kappa shape index (κ1) is 17.9. The number of anilines is 1. The molecule has 8 heteroatoms. The number of hydrogen-bond acceptors (Lipinski definition) is 3. The molecule has 0 aliphatic heterocycles. The second-order valence-electron chi connectivity index (χ2n) is 4.16. The average Bonchev–Trinajstić information content (AvgIpc) is 2.35. The largest absolute Gasteiger partial charge is 0.364 e. The van der Waals surface area contributed by atoms with Crippen LogP contribution in [0.25, 0.3) is 0 Å². The Kier molecular flexibility index (Phi) is 6.88. The van der Waals surface area contributed by atoms with Crippen molar-refractivity contribution in [1.82, 2.24) is 4.90 Å². The van der Waals surface area contributed by atoms with Crippen LogP contribution in [0.3, 0.4) is 0 Å². The van der Waals surface area contributed by atoms with Crippen molar-refractivity contribution in [2.45, 2.75) is 12.2 Å². The van der Waals surface area contributed by atoms with Crippen molar-refractivity contribution >= 4 is 74.7 Å². The van der Waals surface area contributed by atoms with Crippen molar-refractivity contribution in [2.24, 2.45) is 0 Å². The van der Waals surface area contributed by atoms with Crippen LogP contribution in [0.5, 0.6) is 0 Å². The van der Waals surface area contributed by atoms with Crippen LogP contribution < -0.4 is 5.32 Å². The summed E-state index contributed by atoms with van der Waals surface area (Å²) in [6, 6.07) is 3.01. The normalized spacial score (nSPS) is 11.9. The predicted octanol–water partition coefficient (Wildman–Crippen LogP) is 4.55. The summed E-state index contributed by atoms with van der Waals surface area (Å²) in [4.78, 5) is 13.8. The van der Waals surface area contributed by atoms with Gasteiger partial charge >= 0.3 is 0 Å². The zero-order valence-electron chi connectivity index (χ0n) is 11.0. The summed E-state index contributed by atoms with van der Waals surface area (Å²) >= 11 is 24.2. The molecular weight excluding hydrogens is 359 g/mol. The van der Waals surface area contributed by atoms with Crippen LogP contribution in [-0.2, 0) is 4.79 Å². The number of nitrogens with one attached hydrogen (secondary N) is 1. The lowest BCUT2D eigenvalue weighted by Crippen LogP contribution is -2.27. The fourth-order valence-corrected chi connectivity index (χ4v) is 2.87. The number of halogens is 3. The second-order valence-corrected chi connectivity index (χ2v) is 7.35. The van der Waals surface area contributed by atoms with Crippen molar-refractivity contribution in [2.75, 3.05) is 19.4 Å². The van der Waals surface area contributed by atoms with E-state index >= 15 is 0 Å². The molecule has 0 bridgehead atoms. The molecule has 1 atom stereocenters. The average molecular weight is 372 g/mol. The van der Waals surface area contributed by atoms with E-state index < -0.39 is 0 Å². The molecule has 1 N–H and O–H groups in total. The molecule has 0 aromatic heterocycles. The summed E-state index contributed by atoms with van der Waals surface area (Å²) in [5, 5.41) is 3.36. The molecule has 1 aromatic carbocycles. The Morgan fingerprint density at radius 3 is 2.35 bits per heavy atom. The van der Waals surface area contributed by atoms with E-state index in [2.05, 4.69) is 5.32 Å². The van der Waals surface area contributed by atoms with Gasteiger partial charge in [0.15, 0.2) is 0 Å². The third-order valence-corrected chi connectivity index (χ3v) is 5.10. The summed E-state index contributed by atoms with van der Waals surface area (Å²) in [7, 11) is 3.66. The van der Waals surface area contributed by atoms with E-state index in [9.17, 15) is 4.79 Å². The molecule has 0 fully saturated rings. The van der Waals surface area contributed by atoms with Crippen molar-refractivity contribution in [3.8, 4) is 0 Å². The summed E-state index contributed by atoms with van der Waals surface area (Å²) in [6.45, 7) is 1.77. The van der Waals surface area contributed by atoms with Crippen LogP contribution in [0.2, 0.25) is 15.1 Å². The van der Waals surface area contributed by atoms with Crippen molar-refractivity contribution in [3.05, 3.63) is 27.2 Å². The number of rotatable bonds is 3. The fraction of sp³-hybridized carbons (Fsp3) is 0.333. The van der Waals surface area contributed by atoms with E-state index in [4.69, 9.17) is 47.0 Å². The SMILES string of the molecule is C[C@H](SC(=S)N(C)C)C(=O)Nc1cc(Cl)c(Cl)cc1Cl. The van der Waals surface area contributed by atoms with Gasteiger partial charge in [-0.1, -0.05) is 58.8 Å². The van der Waals surface area contributed by atoms with Gasteiger partial charge in [0, 0.05) is 14.1 Å². The van der Waals surface area contributed by atoms with Crippen LogP contribution >= 0.6 is 58.8 Å². The van der Waals surface area contributed by atoms with Crippen LogP contribution in [0.15, 0.2) is 12.1 Å². The summed E-state index contributed by atoms with van der Waals surface area (Å²) < 4.78 is 0.632. The second kappa shape index (κ2) is 7.71. The van der Waals surface area contributed by atoms with Crippen LogP contribution in [-0.4, -0.2) is 34.5 Å². The maximum Gasteiger partial charge on any atom is 0.237 e. The van der Waals surface area contributed by atoms with Crippen molar-refractivity contribution in [3.63, 3.8) is 0 Å². The lowest BCUT2D eigenvalue weighted by atomic mass is 10.3. The van der Waals surface area contributed by atoms with Crippen molar-refractivity contribution in [1.29, 1.82) is 0 Å². The highest BCUT2D eigenvalue weighted by Crippen LogP contribution is 2.32. The number of thioether (sulfide) groups is 1. The Labute approximate surface area is 142 Å². The molecule has 1 amide bonds. The van der Waals surface area contributed by atoms with E-state index in [1.165, 1.54) is 23.9 Å². The van der Waals surface area contributed by atoms with Gasteiger partial charge < -0.3 is 10.2 Å². The number of carbonyl (C=O) groups excluding carboxylic acids is 1. The van der Waals surface area contributed by atoms with Gasteiger partial charge in [0.25, 0.3) is 0 Å². The Balaban J connectivity index is 2.76. The molecule has 110 valence electrons. The van der Waals surface area contributed by atoms with Gasteiger partial charge in [0.05, 0.1) is 26.0 Å². The smallest absolute Gasteiger partial charge is 0.237 e. The maximum absolute atomic E-state index is 12.1. The fourth-order valence-electron chi connectivity index (χ4n) is 1.16. The topological polar surface area (TPSA) is 32.3 Å². The monoisotopic (exact) mass is 370 g/mol. The van der Waals surface area contributed by atoms with Crippen molar-refractivity contribution < 1.29 is 4.79 Å². The molecule has 0 unspecified atom stereocenters. The number of thiocarbonyl (C=S) groups is 1. The van der Waals surface area contributed by atoms with Gasteiger partial charge in [-0.2, -0.15) is 0 Å². The molecule has 0 saturated heterocycles. The number of benzene rings is 1. The van der Waals surface area contributed by atoms with Gasteiger partial charge in [0.2, 0.25) is 5.91 Å². The summed E-state index contributed by atoms with van der Waals surface area (Å²) in [5.41, 5.74) is 0.425. The predicted molar refractivity (Wildman–Crippen MR) is 93.4 cm³/mol. The number of amides is 1. The van der Waals surface area contributed by atoms with Gasteiger partial charge in [-0.3, -0.25) is 4.79 Å². The molecule has 0 aliphatic rings.